The molecule has 2 aliphatic heterocycles. The van der Waals surface area contributed by atoms with Crippen molar-refractivity contribution in [3.8, 4) is 11.1 Å². The lowest BCUT2D eigenvalue weighted by Crippen LogP contribution is -2.53. The van der Waals surface area contributed by atoms with Crippen molar-refractivity contribution in [2.75, 3.05) is 10.2 Å². The molecule has 33 heavy (non-hydrogen) atoms. The van der Waals surface area contributed by atoms with E-state index in [1.54, 1.807) is 18.5 Å². The molecule has 1 saturated heterocycles. The maximum absolute atomic E-state index is 14.4. The van der Waals surface area contributed by atoms with Crippen LogP contribution in [0.4, 0.5) is 20.3 Å². The van der Waals surface area contributed by atoms with Crippen molar-refractivity contribution >= 4 is 40.2 Å². The molecule has 0 spiro atoms. The second kappa shape index (κ2) is 7.92. The molecule has 1 fully saturated rings. The number of nitrogens with two attached hydrogens (primary N) is 1. The normalized spacial score (nSPS) is 24.2. The lowest BCUT2D eigenvalue weighted by Gasteiger charge is -2.44. The van der Waals surface area contributed by atoms with Gasteiger partial charge in [-0.2, -0.15) is 8.78 Å². The number of hydrogen-bond acceptors (Lipinski definition) is 5. The fourth-order valence-electron chi connectivity index (χ4n) is 5.15. The van der Waals surface area contributed by atoms with Crippen LogP contribution in [0.15, 0.2) is 24.5 Å². The fourth-order valence-corrected chi connectivity index (χ4v) is 5.53. The van der Waals surface area contributed by atoms with E-state index in [0.717, 1.165) is 31.5 Å². The first-order chi connectivity index (χ1) is 15.8. The maximum Gasteiger partial charge on any atom is 0.353 e. The summed E-state index contributed by atoms with van der Waals surface area (Å²) in [6.07, 6.45) is 7.08. The number of rotatable bonds is 4. The number of benzene rings is 1. The standard InChI is InChI=1S/C23H25ClF2N6O/c1-3-12-7-11(27)8-13(4-2)32(12)17-10-28-20-15(9-29-21(20)31-17)14-5-6-16-18(19(14)24)23(25,26)22(33)30-16/h5-6,9-13H,3-4,7-8,27H2,1-2H3,(H,29,31)(H,30,33)/t11-,12+,13-. The van der Waals surface area contributed by atoms with Gasteiger partial charge in [-0.15, -0.1) is 0 Å². The third-order valence-electron chi connectivity index (χ3n) is 6.79. The third-order valence-corrected chi connectivity index (χ3v) is 7.18. The number of nitrogens with one attached hydrogen (secondary N) is 2. The number of piperidine rings is 1. The molecule has 7 nitrogen and oxygen atoms in total. The van der Waals surface area contributed by atoms with Crippen molar-refractivity contribution in [2.24, 2.45) is 5.73 Å². The quantitative estimate of drug-likeness (QED) is 0.504. The summed E-state index contributed by atoms with van der Waals surface area (Å²) in [6.45, 7) is 4.29. The highest BCUT2D eigenvalue weighted by Gasteiger charge is 2.50. The van der Waals surface area contributed by atoms with Crippen molar-refractivity contribution in [3.05, 3.63) is 35.1 Å². The molecule has 3 atom stereocenters. The SMILES string of the molecule is CC[C@@H]1C[C@H](N)C[C@H](CC)N1c1cnc2c(-c3ccc4c(c3Cl)C(F)(F)C(=O)N4)c[nH]c2n1. The number of hydrogen-bond donors (Lipinski definition) is 3. The van der Waals surface area contributed by atoms with Crippen LogP contribution in [0.1, 0.15) is 45.1 Å². The highest BCUT2D eigenvalue weighted by Crippen LogP contribution is 2.48. The van der Waals surface area contributed by atoms with Crippen LogP contribution in [0, 0.1) is 0 Å². The van der Waals surface area contributed by atoms with E-state index in [-0.39, 0.29) is 28.8 Å². The van der Waals surface area contributed by atoms with Gasteiger partial charge in [-0.3, -0.25) is 4.79 Å². The molecule has 174 valence electrons. The Morgan fingerprint density at radius 2 is 1.91 bits per heavy atom. The summed E-state index contributed by atoms with van der Waals surface area (Å²) in [4.78, 5) is 26.6. The number of aromatic amines is 1. The molecule has 0 radical (unpaired) electrons. The largest absolute Gasteiger partial charge is 0.353 e. The van der Waals surface area contributed by atoms with E-state index in [9.17, 15) is 13.6 Å². The van der Waals surface area contributed by atoms with E-state index in [2.05, 4.69) is 34.0 Å². The molecule has 4 N–H and O–H groups in total. The van der Waals surface area contributed by atoms with Gasteiger partial charge in [-0.1, -0.05) is 31.5 Å². The molecule has 2 aromatic heterocycles. The van der Waals surface area contributed by atoms with E-state index >= 15 is 0 Å². The number of anilines is 2. The minimum Gasteiger partial charge on any atom is -0.349 e. The lowest BCUT2D eigenvalue weighted by atomic mass is 9.89. The number of carbonyl (C=O) groups excluding carboxylic acids is 1. The van der Waals surface area contributed by atoms with Crippen LogP contribution < -0.4 is 16.0 Å². The average Bonchev–Trinajstić information content (AvgIpc) is 3.30. The Hall–Kier alpha value is -2.78. The average molecular weight is 475 g/mol. The molecule has 0 aliphatic carbocycles. The predicted octanol–water partition coefficient (Wildman–Crippen LogP) is 4.81. The van der Waals surface area contributed by atoms with Gasteiger partial charge in [0.1, 0.15) is 11.3 Å². The van der Waals surface area contributed by atoms with Gasteiger partial charge in [0, 0.05) is 35.4 Å². The molecule has 5 rings (SSSR count). The molecule has 1 aromatic carbocycles. The van der Waals surface area contributed by atoms with Gasteiger partial charge in [0.15, 0.2) is 5.65 Å². The minimum absolute atomic E-state index is 0.0199. The first-order valence-electron chi connectivity index (χ1n) is 11.2. The van der Waals surface area contributed by atoms with E-state index in [1.807, 2.05) is 0 Å². The van der Waals surface area contributed by atoms with Gasteiger partial charge in [-0.25, -0.2) is 9.97 Å². The Balaban J connectivity index is 1.57. The van der Waals surface area contributed by atoms with Crippen LogP contribution in [0.5, 0.6) is 0 Å². The van der Waals surface area contributed by atoms with Crippen LogP contribution in [-0.2, 0) is 10.7 Å². The summed E-state index contributed by atoms with van der Waals surface area (Å²) in [6, 6.07) is 3.76. The Bertz CT molecular complexity index is 1230. The van der Waals surface area contributed by atoms with Crippen molar-refractivity contribution in [2.45, 2.75) is 63.6 Å². The number of aromatic nitrogens is 3. The van der Waals surface area contributed by atoms with Crippen LogP contribution in [-0.4, -0.2) is 39.0 Å². The molecule has 0 unspecified atom stereocenters. The summed E-state index contributed by atoms with van der Waals surface area (Å²) >= 11 is 6.38. The van der Waals surface area contributed by atoms with E-state index in [0.29, 0.717) is 22.3 Å². The molecule has 2 aliphatic rings. The van der Waals surface area contributed by atoms with Crippen molar-refractivity contribution in [3.63, 3.8) is 0 Å². The second-order valence-corrected chi connectivity index (χ2v) is 9.15. The third kappa shape index (κ3) is 3.36. The van der Waals surface area contributed by atoms with E-state index in [1.165, 1.54) is 6.07 Å². The minimum atomic E-state index is -3.69. The van der Waals surface area contributed by atoms with Crippen LogP contribution in [0.25, 0.3) is 22.3 Å². The van der Waals surface area contributed by atoms with Gasteiger partial charge in [-0.05, 0) is 31.7 Å². The number of alkyl halides is 2. The van der Waals surface area contributed by atoms with Gasteiger partial charge in [0.2, 0.25) is 0 Å². The van der Waals surface area contributed by atoms with Crippen molar-refractivity contribution in [1.82, 2.24) is 15.0 Å². The molecule has 1 amide bonds. The van der Waals surface area contributed by atoms with Crippen LogP contribution >= 0.6 is 11.6 Å². The molecule has 0 saturated carbocycles. The summed E-state index contributed by atoms with van der Waals surface area (Å²) < 4.78 is 28.8. The number of amides is 1. The Morgan fingerprint density at radius 1 is 1.21 bits per heavy atom. The summed E-state index contributed by atoms with van der Waals surface area (Å²) in [5.74, 6) is -4.30. The van der Waals surface area contributed by atoms with Crippen LogP contribution in [0.2, 0.25) is 5.02 Å². The van der Waals surface area contributed by atoms with Gasteiger partial charge in [0.25, 0.3) is 5.91 Å². The zero-order chi connectivity index (χ0) is 23.5. The summed E-state index contributed by atoms with van der Waals surface area (Å²) in [7, 11) is 0. The first kappa shape index (κ1) is 22.0. The van der Waals surface area contributed by atoms with E-state index in [4.69, 9.17) is 22.3 Å². The number of H-pyrrole nitrogens is 1. The Morgan fingerprint density at radius 3 is 2.58 bits per heavy atom. The maximum atomic E-state index is 14.4. The monoisotopic (exact) mass is 474 g/mol. The zero-order valence-electron chi connectivity index (χ0n) is 18.3. The van der Waals surface area contributed by atoms with Gasteiger partial charge < -0.3 is 20.9 Å². The Labute approximate surface area is 194 Å². The predicted molar refractivity (Wildman–Crippen MR) is 125 cm³/mol. The number of fused-ring (bicyclic) bond motifs is 2. The van der Waals surface area contributed by atoms with Gasteiger partial charge in [0.05, 0.1) is 22.5 Å². The van der Waals surface area contributed by atoms with Crippen LogP contribution in [0.3, 0.4) is 0 Å². The fraction of sp³-hybridized carbons (Fsp3) is 0.435. The number of nitrogens with zero attached hydrogens (tertiary/aromatic N) is 3. The topological polar surface area (TPSA) is 99.9 Å². The smallest absolute Gasteiger partial charge is 0.349 e. The molecular weight excluding hydrogens is 450 g/mol. The first-order valence-corrected chi connectivity index (χ1v) is 11.5. The summed E-state index contributed by atoms with van der Waals surface area (Å²) in [5.41, 5.74) is 7.77. The lowest BCUT2D eigenvalue weighted by molar-refractivity contribution is -0.139. The van der Waals surface area contributed by atoms with Gasteiger partial charge >= 0.3 is 5.92 Å². The highest BCUT2D eigenvalue weighted by molar-refractivity contribution is 6.36. The Kier molecular flexibility index (Phi) is 5.29. The number of carbonyl (C=O) groups is 1. The van der Waals surface area contributed by atoms with E-state index < -0.39 is 17.4 Å². The summed E-state index contributed by atoms with van der Waals surface area (Å²) in [5, 5.41) is 2.00. The molecule has 0 bridgehead atoms. The highest BCUT2D eigenvalue weighted by atomic mass is 35.5. The molecule has 4 heterocycles. The van der Waals surface area contributed by atoms with Crippen molar-refractivity contribution < 1.29 is 13.6 Å². The molecule has 10 heteroatoms. The zero-order valence-corrected chi connectivity index (χ0v) is 19.1. The van der Waals surface area contributed by atoms with Crippen molar-refractivity contribution in [1.29, 1.82) is 0 Å². The molecule has 3 aromatic rings. The molecular formula is C23H25ClF2N6O. The second-order valence-electron chi connectivity index (χ2n) is 8.77. The number of halogens is 3.